The molecule has 0 heterocycles. The fourth-order valence-corrected chi connectivity index (χ4v) is 6.19. The monoisotopic (exact) mass is 813 g/mol. The Morgan fingerprint density at radius 3 is 1.64 bits per heavy atom. The van der Waals surface area contributed by atoms with Gasteiger partial charge < -0.3 is 31.1 Å². The van der Waals surface area contributed by atoms with Crippen LogP contribution in [0.25, 0.3) is 0 Å². The van der Waals surface area contributed by atoms with Crippen LogP contribution in [-0.2, 0) is 45.2 Å². The zero-order valence-electron chi connectivity index (χ0n) is 31.7. The molecule has 0 saturated heterocycles. The van der Waals surface area contributed by atoms with Gasteiger partial charge in [0, 0.05) is 17.6 Å². The Bertz CT molecular complexity index is 1800. The highest BCUT2D eigenvalue weighted by Crippen LogP contribution is 2.15. The molecule has 292 valence electrons. The fraction of sp³-hybridized carbons (Fsp3) is 0.349. The van der Waals surface area contributed by atoms with E-state index in [9.17, 15) is 24.3 Å². The highest BCUT2D eigenvalue weighted by molar-refractivity contribution is 9.10. The van der Waals surface area contributed by atoms with Crippen LogP contribution in [0.2, 0.25) is 0 Å². The minimum Gasteiger partial charge on any atom is -0.445 e. The molecule has 4 amide bonds. The number of nitrogens with one attached hydrogen (secondary N) is 5. The van der Waals surface area contributed by atoms with Crippen molar-refractivity contribution < 1.29 is 29.0 Å². The summed E-state index contributed by atoms with van der Waals surface area (Å²) in [6.07, 6.45) is -2.09. The molecule has 0 radical (unpaired) electrons. The van der Waals surface area contributed by atoms with E-state index in [2.05, 4.69) is 42.5 Å². The molecule has 12 heteroatoms. The maximum Gasteiger partial charge on any atom is 0.408 e. The zero-order chi connectivity index (χ0) is 39.7. The molecule has 0 aliphatic carbocycles. The van der Waals surface area contributed by atoms with Gasteiger partial charge in [-0.15, -0.1) is 0 Å². The lowest BCUT2D eigenvalue weighted by Crippen LogP contribution is -2.63. The number of hydrogen-bond acceptors (Lipinski definition) is 7. The standard InChI is InChI=1S/C43H52BrN5O6/c1-28(2)36(40(51)46-26-32-20-22-34(44)23-21-32)48-42(53)38(45-25-31-16-10-6-11-17-31)39(50)35(24-30-14-8-5-9-15-30)47-41(52)37(29(3)4)49-43(54)55-27-33-18-12-7-13-19-33/h5-23,28-29,35-39,45,50H,24-27H2,1-4H3,(H,46,51)(H,47,52)(H,48,53)(H,49,54)/t35-,36-,37-,38+,39+/m0/s1. The molecular formula is C43H52BrN5O6. The van der Waals surface area contributed by atoms with Crippen LogP contribution < -0.4 is 26.6 Å². The second kappa shape index (κ2) is 21.7. The molecule has 4 rings (SSSR count). The number of aliphatic hydroxyl groups is 1. The molecule has 55 heavy (non-hydrogen) atoms. The Morgan fingerprint density at radius 1 is 0.582 bits per heavy atom. The van der Waals surface area contributed by atoms with Gasteiger partial charge in [0.1, 0.15) is 24.7 Å². The Kier molecular flexibility index (Phi) is 16.9. The molecule has 0 aliphatic rings. The van der Waals surface area contributed by atoms with Crippen molar-refractivity contribution in [1.82, 2.24) is 26.6 Å². The number of benzene rings is 4. The topological polar surface area (TPSA) is 158 Å². The van der Waals surface area contributed by atoms with Crippen LogP contribution in [0.1, 0.15) is 49.9 Å². The van der Waals surface area contributed by atoms with E-state index < -0.39 is 48.2 Å². The van der Waals surface area contributed by atoms with Crippen molar-refractivity contribution in [1.29, 1.82) is 0 Å². The van der Waals surface area contributed by atoms with Gasteiger partial charge in [-0.05, 0) is 52.6 Å². The van der Waals surface area contributed by atoms with E-state index >= 15 is 0 Å². The molecule has 5 atom stereocenters. The Labute approximate surface area is 332 Å². The van der Waals surface area contributed by atoms with E-state index in [1.807, 2.05) is 129 Å². The number of aliphatic hydroxyl groups excluding tert-OH is 1. The number of halogens is 1. The van der Waals surface area contributed by atoms with Gasteiger partial charge in [-0.1, -0.05) is 147 Å². The van der Waals surface area contributed by atoms with Crippen molar-refractivity contribution in [3.63, 3.8) is 0 Å². The number of amides is 4. The van der Waals surface area contributed by atoms with Gasteiger partial charge in [0.2, 0.25) is 17.7 Å². The van der Waals surface area contributed by atoms with Crippen molar-refractivity contribution >= 4 is 39.7 Å². The van der Waals surface area contributed by atoms with Crippen molar-refractivity contribution in [2.45, 2.75) is 84.1 Å². The normalized spacial score (nSPS) is 13.9. The Morgan fingerprint density at radius 2 is 1.07 bits per heavy atom. The Hall–Kier alpha value is -5.04. The molecule has 6 N–H and O–H groups in total. The van der Waals surface area contributed by atoms with E-state index in [1.54, 1.807) is 13.8 Å². The number of carbonyl (C=O) groups excluding carboxylic acids is 4. The third kappa shape index (κ3) is 14.0. The predicted octanol–water partition coefficient (Wildman–Crippen LogP) is 5.40. The van der Waals surface area contributed by atoms with Gasteiger partial charge in [-0.25, -0.2) is 4.79 Å². The second-order valence-corrected chi connectivity index (χ2v) is 15.1. The molecule has 0 aliphatic heterocycles. The summed E-state index contributed by atoms with van der Waals surface area (Å²) in [5.74, 6) is -2.18. The summed E-state index contributed by atoms with van der Waals surface area (Å²) in [5, 5.41) is 26.8. The SMILES string of the molecule is CC(C)[C@H](NC(=O)OCc1ccccc1)C(=O)N[C@@H](Cc1ccccc1)[C@@H](O)[C@@H](NCc1ccccc1)C(=O)N[C@H](C(=O)NCc1ccc(Br)cc1)C(C)C. The summed E-state index contributed by atoms with van der Waals surface area (Å²) in [7, 11) is 0. The van der Waals surface area contributed by atoms with Crippen LogP contribution in [0.3, 0.4) is 0 Å². The number of ether oxygens (including phenoxy) is 1. The van der Waals surface area contributed by atoms with Gasteiger partial charge in [-0.3, -0.25) is 19.7 Å². The summed E-state index contributed by atoms with van der Waals surface area (Å²) in [5.41, 5.74) is 3.35. The van der Waals surface area contributed by atoms with E-state index in [-0.39, 0.29) is 43.9 Å². The van der Waals surface area contributed by atoms with Gasteiger partial charge >= 0.3 is 6.09 Å². The molecule has 0 spiro atoms. The van der Waals surface area contributed by atoms with Crippen molar-refractivity contribution in [3.8, 4) is 0 Å². The number of carbonyl (C=O) groups is 4. The highest BCUT2D eigenvalue weighted by Gasteiger charge is 2.38. The number of hydrogen-bond donors (Lipinski definition) is 6. The van der Waals surface area contributed by atoms with Crippen molar-refractivity contribution in [2.24, 2.45) is 11.8 Å². The molecular weight excluding hydrogens is 762 g/mol. The highest BCUT2D eigenvalue weighted by atomic mass is 79.9. The van der Waals surface area contributed by atoms with Gasteiger partial charge in [0.25, 0.3) is 0 Å². The third-order valence-electron chi connectivity index (χ3n) is 9.09. The Balaban J connectivity index is 1.56. The molecule has 0 saturated carbocycles. The van der Waals surface area contributed by atoms with Crippen molar-refractivity contribution in [3.05, 3.63) is 142 Å². The van der Waals surface area contributed by atoms with Gasteiger partial charge in [0.15, 0.2) is 0 Å². The lowest BCUT2D eigenvalue weighted by molar-refractivity contribution is -0.134. The third-order valence-corrected chi connectivity index (χ3v) is 9.62. The van der Waals surface area contributed by atoms with E-state index in [0.29, 0.717) is 0 Å². The zero-order valence-corrected chi connectivity index (χ0v) is 33.3. The second-order valence-electron chi connectivity index (χ2n) is 14.1. The average Bonchev–Trinajstić information content (AvgIpc) is 3.18. The minimum atomic E-state index is -1.48. The average molecular weight is 815 g/mol. The molecule has 4 aromatic carbocycles. The largest absolute Gasteiger partial charge is 0.445 e. The van der Waals surface area contributed by atoms with E-state index in [4.69, 9.17) is 4.74 Å². The van der Waals surface area contributed by atoms with Gasteiger partial charge in [0.05, 0.1) is 12.1 Å². The summed E-state index contributed by atoms with van der Waals surface area (Å²) in [6, 6.07) is 31.2. The lowest BCUT2D eigenvalue weighted by Gasteiger charge is -2.33. The van der Waals surface area contributed by atoms with Crippen molar-refractivity contribution in [2.75, 3.05) is 0 Å². The summed E-state index contributed by atoms with van der Waals surface area (Å²) in [6.45, 7) is 7.74. The predicted molar refractivity (Wildman–Crippen MR) is 216 cm³/mol. The summed E-state index contributed by atoms with van der Waals surface area (Å²) < 4.78 is 6.31. The molecule has 0 fully saturated rings. The van der Waals surface area contributed by atoms with E-state index in [0.717, 1.165) is 26.7 Å². The van der Waals surface area contributed by atoms with Crippen LogP contribution in [0, 0.1) is 11.8 Å². The molecule has 0 aromatic heterocycles. The summed E-state index contributed by atoms with van der Waals surface area (Å²) >= 11 is 3.42. The quantitative estimate of drug-likeness (QED) is 0.0740. The first-order valence-electron chi connectivity index (χ1n) is 18.5. The maximum atomic E-state index is 14.3. The number of alkyl carbamates (subject to hydrolysis) is 1. The van der Waals surface area contributed by atoms with Crippen LogP contribution >= 0.6 is 15.9 Å². The van der Waals surface area contributed by atoms with Crippen LogP contribution in [-0.4, -0.2) is 59.2 Å². The maximum absolute atomic E-state index is 14.3. The number of rotatable bonds is 19. The molecule has 11 nitrogen and oxygen atoms in total. The molecule has 0 unspecified atom stereocenters. The van der Waals surface area contributed by atoms with Gasteiger partial charge in [-0.2, -0.15) is 0 Å². The summed E-state index contributed by atoms with van der Waals surface area (Å²) in [4.78, 5) is 54.6. The first kappa shape index (κ1) is 42.7. The first-order valence-corrected chi connectivity index (χ1v) is 19.3. The molecule has 0 bridgehead atoms. The van der Waals surface area contributed by atoms with Crippen LogP contribution in [0.4, 0.5) is 4.79 Å². The first-order chi connectivity index (χ1) is 26.4. The van der Waals surface area contributed by atoms with Crippen LogP contribution in [0.15, 0.2) is 120 Å². The van der Waals surface area contributed by atoms with E-state index in [1.165, 1.54) is 0 Å². The lowest BCUT2D eigenvalue weighted by atomic mass is 9.93. The van der Waals surface area contributed by atoms with Crippen LogP contribution in [0.5, 0.6) is 0 Å². The minimum absolute atomic E-state index is 0.0258. The fourth-order valence-electron chi connectivity index (χ4n) is 5.93. The smallest absolute Gasteiger partial charge is 0.408 e. The molecule has 4 aromatic rings.